The number of nitriles is 1. The van der Waals surface area contributed by atoms with Gasteiger partial charge in [-0.25, -0.2) is 0 Å². The standard InChI is InChI=1S/C16H10N2O2/c17-10-11-4-3-6-13(8-11)18-16(19)15-9-12-5-1-2-7-14(12)20-15/h1-9H,(H,18,19). The smallest absolute Gasteiger partial charge is 0.291 e. The second kappa shape index (κ2) is 4.90. The molecule has 4 nitrogen and oxygen atoms in total. The predicted octanol–water partition coefficient (Wildman–Crippen LogP) is 3.56. The van der Waals surface area contributed by atoms with E-state index in [4.69, 9.17) is 9.68 Å². The van der Waals surface area contributed by atoms with Crippen molar-refractivity contribution in [2.45, 2.75) is 0 Å². The van der Waals surface area contributed by atoms with Crippen LogP contribution in [0.15, 0.2) is 59.0 Å². The maximum absolute atomic E-state index is 12.1. The van der Waals surface area contributed by atoms with Crippen molar-refractivity contribution in [3.63, 3.8) is 0 Å². The highest BCUT2D eigenvalue weighted by molar-refractivity contribution is 6.04. The number of benzene rings is 2. The Morgan fingerprint density at radius 2 is 1.95 bits per heavy atom. The van der Waals surface area contributed by atoms with Crippen LogP contribution >= 0.6 is 0 Å². The molecule has 96 valence electrons. The number of fused-ring (bicyclic) bond motifs is 1. The van der Waals surface area contributed by atoms with Crippen molar-refractivity contribution in [1.82, 2.24) is 0 Å². The lowest BCUT2D eigenvalue weighted by Gasteiger charge is -2.02. The Morgan fingerprint density at radius 3 is 2.75 bits per heavy atom. The molecule has 20 heavy (non-hydrogen) atoms. The molecule has 0 aliphatic carbocycles. The summed E-state index contributed by atoms with van der Waals surface area (Å²) in [5, 5.41) is 12.4. The summed E-state index contributed by atoms with van der Waals surface area (Å²) in [5.74, 6) is -0.0927. The summed E-state index contributed by atoms with van der Waals surface area (Å²) in [6, 6.07) is 17.9. The summed E-state index contributed by atoms with van der Waals surface area (Å²) in [5.41, 5.74) is 1.73. The molecule has 1 heterocycles. The summed E-state index contributed by atoms with van der Waals surface area (Å²) in [4.78, 5) is 12.1. The van der Waals surface area contributed by atoms with Crippen molar-refractivity contribution in [1.29, 1.82) is 5.26 Å². The molecule has 0 fully saturated rings. The minimum Gasteiger partial charge on any atom is -0.451 e. The SMILES string of the molecule is N#Cc1cccc(NC(=O)c2cc3ccccc3o2)c1. The van der Waals surface area contributed by atoms with Gasteiger partial charge in [0.1, 0.15) is 5.58 Å². The van der Waals surface area contributed by atoms with Crippen LogP contribution in [0.5, 0.6) is 0 Å². The first-order chi connectivity index (χ1) is 9.76. The Balaban J connectivity index is 1.87. The number of hydrogen-bond donors (Lipinski definition) is 1. The molecular weight excluding hydrogens is 252 g/mol. The van der Waals surface area contributed by atoms with E-state index in [1.54, 1.807) is 30.3 Å². The molecule has 0 saturated carbocycles. The molecule has 0 radical (unpaired) electrons. The molecule has 1 aromatic heterocycles. The second-order valence-corrected chi connectivity index (χ2v) is 4.30. The molecule has 0 saturated heterocycles. The van der Waals surface area contributed by atoms with Crippen LogP contribution in [0.1, 0.15) is 16.1 Å². The number of anilines is 1. The largest absolute Gasteiger partial charge is 0.451 e. The van der Waals surface area contributed by atoms with Gasteiger partial charge in [-0.15, -0.1) is 0 Å². The van der Waals surface area contributed by atoms with Crippen LogP contribution in [0.25, 0.3) is 11.0 Å². The zero-order chi connectivity index (χ0) is 13.9. The van der Waals surface area contributed by atoms with Gasteiger partial charge in [0, 0.05) is 11.1 Å². The molecule has 1 N–H and O–H groups in total. The molecule has 1 amide bonds. The fraction of sp³-hybridized carbons (Fsp3) is 0. The van der Waals surface area contributed by atoms with Crippen LogP contribution in [-0.2, 0) is 0 Å². The minimum atomic E-state index is -0.337. The first-order valence-corrected chi connectivity index (χ1v) is 6.06. The maximum atomic E-state index is 12.1. The first-order valence-electron chi connectivity index (χ1n) is 6.06. The molecule has 0 atom stereocenters. The van der Waals surface area contributed by atoms with Crippen molar-refractivity contribution < 1.29 is 9.21 Å². The van der Waals surface area contributed by atoms with Gasteiger partial charge in [-0.1, -0.05) is 24.3 Å². The van der Waals surface area contributed by atoms with Gasteiger partial charge >= 0.3 is 0 Å². The highest BCUT2D eigenvalue weighted by Gasteiger charge is 2.12. The number of carbonyl (C=O) groups excluding carboxylic acids is 1. The van der Waals surface area contributed by atoms with Gasteiger partial charge in [0.2, 0.25) is 0 Å². The van der Waals surface area contributed by atoms with Gasteiger partial charge in [0.05, 0.1) is 11.6 Å². The molecule has 0 bridgehead atoms. The third-order valence-electron chi connectivity index (χ3n) is 2.90. The Bertz CT molecular complexity index is 795. The Morgan fingerprint density at radius 1 is 1.10 bits per heavy atom. The van der Waals surface area contributed by atoms with Crippen LogP contribution in [0.2, 0.25) is 0 Å². The Labute approximate surface area is 115 Å². The highest BCUT2D eigenvalue weighted by Crippen LogP contribution is 2.20. The van der Waals surface area contributed by atoms with Gasteiger partial charge in [0.15, 0.2) is 5.76 Å². The van der Waals surface area contributed by atoms with E-state index in [2.05, 4.69) is 5.32 Å². The Kier molecular flexibility index (Phi) is 2.94. The topological polar surface area (TPSA) is 66.0 Å². The highest BCUT2D eigenvalue weighted by atomic mass is 16.3. The van der Waals surface area contributed by atoms with Crippen molar-refractivity contribution >= 4 is 22.6 Å². The zero-order valence-electron chi connectivity index (χ0n) is 10.5. The van der Waals surface area contributed by atoms with E-state index in [1.807, 2.05) is 30.3 Å². The molecular formula is C16H10N2O2. The van der Waals surface area contributed by atoms with Gasteiger partial charge in [-0.2, -0.15) is 5.26 Å². The van der Waals surface area contributed by atoms with E-state index in [0.29, 0.717) is 16.8 Å². The van der Waals surface area contributed by atoms with Crippen LogP contribution in [-0.4, -0.2) is 5.91 Å². The number of nitrogens with zero attached hydrogens (tertiary/aromatic N) is 1. The summed E-state index contributed by atoms with van der Waals surface area (Å²) in [6.07, 6.45) is 0. The number of amides is 1. The second-order valence-electron chi connectivity index (χ2n) is 4.30. The van der Waals surface area contributed by atoms with Crippen LogP contribution < -0.4 is 5.32 Å². The zero-order valence-corrected chi connectivity index (χ0v) is 10.5. The molecule has 0 aliphatic rings. The fourth-order valence-corrected chi connectivity index (χ4v) is 1.95. The quantitative estimate of drug-likeness (QED) is 0.767. The number of furan rings is 1. The molecule has 3 rings (SSSR count). The molecule has 0 aliphatic heterocycles. The molecule has 2 aromatic carbocycles. The molecule has 0 unspecified atom stereocenters. The van der Waals surface area contributed by atoms with E-state index in [0.717, 1.165) is 5.39 Å². The van der Waals surface area contributed by atoms with Crippen molar-refractivity contribution in [2.75, 3.05) is 5.32 Å². The van der Waals surface area contributed by atoms with Crippen molar-refractivity contribution in [3.8, 4) is 6.07 Å². The fourth-order valence-electron chi connectivity index (χ4n) is 1.95. The molecule has 0 spiro atoms. The van der Waals surface area contributed by atoms with E-state index in [-0.39, 0.29) is 11.7 Å². The number of rotatable bonds is 2. The number of nitrogens with one attached hydrogen (secondary N) is 1. The summed E-state index contributed by atoms with van der Waals surface area (Å²) >= 11 is 0. The number of hydrogen-bond acceptors (Lipinski definition) is 3. The summed E-state index contributed by atoms with van der Waals surface area (Å²) in [6.45, 7) is 0. The third kappa shape index (κ3) is 2.25. The average molecular weight is 262 g/mol. The average Bonchev–Trinajstić information content (AvgIpc) is 2.91. The maximum Gasteiger partial charge on any atom is 0.291 e. The lowest BCUT2D eigenvalue weighted by Crippen LogP contribution is -2.10. The summed E-state index contributed by atoms with van der Waals surface area (Å²) in [7, 11) is 0. The van der Waals surface area contributed by atoms with Gasteiger partial charge in [-0.05, 0) is 30.3 Å². The normalized spacial score (nSPS) is 10.2. The monoisotopic (exact) mass is 262 g/mol. The van der Waals surface area contributed by atoms with Crippen molar-refractivity contribution in [3.05, 3.63) is 65.9 Å². The van der Waals surface area contributed by atoms with Gasteiger partial charge in [0.25, 0.3) is 5.91 Å². The minimum absolute atomic E-state index is 0.244. The lowest BCUT2D eigenvalue weighted by molar-refractivity contribution is 0.0998. The molecule has 3 aromatic rings. The first kappa shape index (κ1) is 12.0. The summed E-state index contributed by atoms with van der Waals surface area (Å²) < 4.78 is 5.48. The number of carbonyl (C=O) groups is 1. The third-order valence-corrected chi connectivity index (χ3v) is 2.90. The van der Waals surface area contributed by atoms with Crippen LogP contribution in [0.3, 0.4) is 0 Å². The van der Waals surface area contributed by atoms with Crippen LogP contribution in [0, 0.1) is 11.3 Å². The lowest BCUT2D eigenvalue weighted by atomic mass is 10.2. The predicted molar refractivity (Wildman–Crippen MR) is 75.3 cm³/mol. The van der Waals surface area contributed by atoms with Gasteiger partial charge in [-0.3, -0.25) is 4.79 Å². The van der Waals surface area contributed by atoms with E-state index in [9.17, 15) is 4.79 Å². The van der Waals surface area contributed by atoms with Gasteiger partial charge < -0.3 is 9.73 Å². The van der Waals surface area contributed by atoms with E-state index < -0.39 is 0 Å². The van der Waals surface area contributed by atoms with E-state index in [1.165, 1.54) is 0 Å². The van der Waals surface area contributed by atoms with Crippen molar-refractivity contribution in [2.24, 2.45) is 0 Å². The number of para-hydroxylation sites is 1. The Hall–Kier alpha value is -3.06. The van der Waals surface area contributed by atoms with E-state index >= 15 is 0 Å². The van der Waals surface area contributed by atoms with Crippen LogP contribution in [0.4, 0.5) is 5.69 Å². The molecule has 4 heteroatoms.